The minimum absolute atomic E-state index is 0.150. The fraction of sp³-hybridized carbons (Fsp3) is 0.368. The van der Waals surface area contributed by atoms with E-state index in [0.717, 1.165) is 35.7 Å². The number of carbonyl (C=O) groups is 1. The number of hydrogen-bond donors (Lipinski definition) is 1. The van der Waals surface area contributed by atoms with Crippen LogP contribution in [0.2, 0.25) is 0 Å². The van der Waals surface area contributed by atoms with Crippen LogP contribution in [0.4, 0.5) is 0 Å². The highest BCUT2D eigenvalue weighted by Crippen LogP contribution is 2.20. The van der Waals surface area contributed by atoms with E-state index < -0.39 is 11.2 Å². The lowest BCUT2D eigenvalue weighted by atomic mass is 10.2. The number of rotatable bonds is 4. The van der Waals surface area contributed by atoms with Gasteiger partial charge in [-0.05, 0) is 24.0 Å². The molecule has 0 unspecified atom stereocenters. The first-order valence-electron chi connectivity index (χ1n) is 9.26. The standard InChI is InChI=1S/C19H21N5O3S/c1-2-24-17(25)15-14(20-19(24)27)16(28-21-15)18(26)23-10-8-22(9-11-23)12-13-6-4-3-5-7-13/h3-7H,2,8-12H2,1H3,(H,20,27). The zero-order valence-corrected chi connectivity index (χ0v) is 16.4. The van der Waals surface area contributed by atoms with E-state index in [-0.39, 0.29) is 23.5 Å². The van der Waals surface area contributed by atoms with Gasteiger partial charge in [0.05, 0.1) is 5.52 Å². The van der Waals surface area contributed by atoms with Gasteiger partial charge in [0.25, 0.3) is 11.5 Å². The van der Waals surface area contributed by atoms with Crippen molar-refractivity contribution in [2.24, 2.45) is 0 Å². The van der Waals surface area contributed by atoms with Gasteiger partial charge in [-0.15, -0.1) is 0 Å². The van der Waals surface area contributed by atoms with Crippen molar-refractivity contribution in [3.05, 3.63) is 61.6 Å². The van der Waals surface area contributed by atoms with E-state index in [1.807, 2.05) is 18.2 Å². The van der Waals surface area contributed by atoms with Crippen LogP contribution in [-0.2, 0) is 13.1 Å². The molecule has 0 spiro atoms. The Kier molecular flexibility index (Phi) is 5.10. The molecule has 0 radical (unpaired) electrons. The van der Waals surface area contributed by atoms with E-state index in [1.54, 1.807) is 11.8 Å². The SMILES string of the molecule is CCn1c(=O)[nH]c2c(C(=O)N3CCN(Cc4ccccc4)CC3)snc2c1=O. The number of aromatic nitrogens is 3. The van der Waals surface area contributed by atoms with E-state index in [0.29, 0.717) is 18.0 Å². The third-order valence-electron chi connectivity index (χ3n) is 5.04. The Balaban J connectivity index is 1.50. The number of benzene rings is 1. The van der Waals surface area contributed by atoms with Gasteiger partial charge >= 0.3 is 5.69 Å². The molecule has 1 aliphatic rings. The molecular formula is C19H21N5O3S. The van der Waals surface area contributed by atoms with Gasteiger partial charge in [0, 0.05) is 39.3 Å². The summed E-state index contributed by atoms with van der Waals surface area (Å²) in [5, 5.41) is 0. The second kappa shape index (κ2) is 7.69. The molecule has 1 saturated heterocycles. The maximum Gasteiger partial charge on any atom is 0.328 e. The molecule has 28 heavy (non-hydrogen) atoms. The summed E-state index contributed by atoms with van der Waals surface area (Å²) in [4.78, 5) is 44.5. The van der Waals surface area contributed by atoms with Crippen LogP contribution in [0.25, 0.3) is 11.0 Å². The summed E-state index contributed by atoms with van der Waals surface area (Å²) in [6.45, 7) is 5.58. The van der Waals surface area contributed by atoms with Crippen molar-refractivity contribution in [1.29, 1.82) is 0 Å². The largest absolute Gasteiger partial charge is 0.335 e. The highest BCUT2D eigenvalue weighted by Gasteiger charge is 2.26. The number of nitrogens with one attached hydrogen (secondary N) is 1. The smallest absolute Gasteiger partial charge is 0.328 e. The Morgan fingerprint density at radius 3 is 2.54 bits per heavy atom. The van der Waals surface area contributed by atoms with E-state index >= 15 is 0 Å². The number of amides is 1. The second-order valence-corrected chi connectivity index (χ2v) is 7.54. The van der Waals surface area contributed by atoms with Crippen LogP contribution in [0.3, 0.4) is 0 Å². The number of hydrogen-bond acceptors (Lipinski definition) is 6. The molecule has 4 rings (SSSR count). The molecule has 0 atom stereocenters. The maximum atomic E-state index is 13.0. The van der Waals surface area contributed by atoms with Crippen LogP contribution >= 0.6 is 11.5 Å². The van der Waals surface area contributed by atoms with Crippen LogP contribution in [0.15, 0.2) is 39.9 Å². The van der Waals surface area contributed by atoms with E-state index in [1.165, 1.54) is 5.56 Å². The minimum Gasteiger partial charge on any atom is -0.335 e. The lowest BCUT2D eigenvalue weighted by Crippen LogP contribution is -2.48. The van der Waals surface area contributed by atoms with Gasteiger partial charge in [0.2, 0.25) is 0 Å². The Hall–Kier alpha value is -2.78. The number of nitrogens with zero attached hydrogens (tertiary/aromatic N) is 4. The zero-order valence-electron chi connectivity index (χ0n) is 15.6. The fourth-order valence-corrected chi connectivity index (χ4v) is 4.27. The number of H-pyrrole nitrogens is 1. The molecule has 8 nitrogen and oxygen atoms in total. The zero-order chi connectivity index (χ0) is 19.7. The number of piperazine rings is 1. The topological polar surface area (TPSA) is 91.3 Å². The van der Waals surface area contributed by atoms with Crippen LogP contribution in [0.5, 0.6) is 0 Å². The summed E-state index contributed by atoms with van der Waals surface area (Å²) in [5.41, 5.74) is 0.686. The number of carbonyl (C=O) groups excluding carboxylic acids is 1. The summed E-state index contributed by atoms with van der Waals surface area (Å²) in [7, 11) is 0. The summed E-state index contributed by atoms with van der Waals surface area (Å²) in [6, 6.07) is 10.2. The Labute approximate surface area is 165 Å². The van der Waals surface area contributed by atoms with Gasteiger partial charge < -0.3 is 9.88 Å². The van der Waals surface area contributed by atoms with Crippen molar-refractivity contribution in [1.82, 2.24) is 23.7 Å². The van der Waals surface area contributed by atoms with Crippen LogP contribution < -0.4 is 11.2 Å². The highest BCUT2D eigenvalue weighted by atomic mass is 32.1. The van der Waals surface area contributed by atoms with Crippen molar-refractivity contribution < 1.29 is 4.79 Å². The van der Waals surface area contributed by atoms with Crippen molar-refractivity contribution in [2.45, 2.75) is 20.0 Å². The summed E-state index contributed by atoms with van der Waals surface area (Å²) in [5.74, 6) is -0.184. The molecule has 1 aromatic carbocycles. The number of fused-ring (bicyclic) bond motifs is 1. The molecular weight excluding hydrogens is 378 g/mol. The Bertz CT molecular complexity index is 1110. The summed E-state index contributed by atoms with van der Waals surface area (Å²) < 4.78 is 5.22. The van der Waals surface area contributed by atoms with E-state index in [2.05, 4.69) is 26.4 Å². The molecule has 1 amide bonds. The predicted octanol–water partition coefficient (Wildman–Crippen LogP) is 1.12. The third kappa shape index (κ3) is 3.38. The molecule has 9 heteroatoms. The first kappa shape index (κ1) is 18.6. The molecule has 3 aromatic rings. The average molecular weight is 399 g/mol. The monoisotopic (exact) mass is 399 g/mol. The van der Waals surface area contributed by atoms with Crippen LogP contribution in [0, 0.1) is 0 Å². The molecule has 146 valence electrons. The molecule has 2 aromatic heterocycles. The van der Waals surface area contributed by atoms with Gasteiger partial charge in [-0.25, -0.2) is 4.79 Å². The third-order valence-corrected chi connectivity index (χ3v) is 5.87. The molecule has 1 N–H and O–H groups in total. The van der Waals surface area contributed by atoms with Gasteiger partial charge in [0.1, 0.15) is 4.88 Å². The second-order valence-electron chi connectivity index (χ2n) is 6.77. The van der Waals surface area contributed by atoms with Gasteiger partial charge in [-0.1, -0.05) is 30.3 Å². The van der Waals surface area contributed by atoms with Crippen molar-refractivity contribution in [3.8, 4) is 0 Å². The van der Waals surface area contributed by atoms with E-state index in [4.69, 9.17) is 0 Å². The van der Waals surface area contributed by atoms with E-state index in [9.17, 15) is 14.4 Å². The first-order chi connectivity index (χ1) is 13.6. The lowest BCUT2D eigenvalue weighted by molar-refractivity contribution is 0.0634. The van der Waals surface area contributed by atoms with Gasteiger partial charge in [-0.3, -0.25) is 19.1 Å². The number of aromatic amines is 1. The van der Waals surface area contributed by atoms with Crippen molar-refractivity contribution in [3.63, 3.8) is 0 Å². The van der Waals surface area contributed by atoms with Crippen LogP contribution in [0.1, 0.15) is 22.2 Å². The van der Waals surface area contributed by atoms with Gasteiger partial charge in [-0.2, -0.15) is 4.37 Å². The van der Waals surface area contributed by atoms with Crippen molar-refractivity contribution in [2.75, 3.05) is 26.2 Å². The molecule has 1 aliphatic heterocycles. The molecule has 3 heterocycles. The van der Waals surface area contributed by atoms with Crippen molar-refractivity contribution >= 4 is 28.5 Å². The van der Waals surface area contributed by atoms with Gasteiger partial charge in [0.15, 0.2) is 5.52 Å². The molecule has 0 saturated carbocycles. The maximum absolute atomic E-state index is 13.0. The molecule has 0 aliphatic carbocycles. The lowest BCUT2D eigenvalue weighted by Gasteiger charge is -2.34. The Morgan fingerprint density at radius 2 is 1.86 bits per heavy atom. The predicted molar refractivity (Wildman–Crippen MR) is 108 cm³/mol. The normalized spacial score (nSPS) is 15.2. The first-order valence-corrected chi connectivity index (χ1v) is 10.0. The van der Waals surface area contributed by atoms with Crippen LogP contribution in [-0.4, -0.2) is 55.8 Å². The highest BCUT2D eigenvalue weighted by molar-refractivity contribution is 7.09. The molecule has 0 bridgehead atoms. The minimum atomic E-state index is -0.512. The average Bonchev–Trinajstić information content (AvgIpc) is 3.13. The Morgan fingerprint density at radius 1 is 1.14 bits per heavy atom. The summed E-state index contributed by atoms with van der Waals surface area (Å²) in [6.07, 6.45) is 0. The summed E-state index contributed by atoms with van der Waals surface area (Å²) >= 11 is 0.972. The fourth-order valence-electron chi connectivity index (χ4n) is 3.47. The molecule has 1 fully saturated rings. The quantitative estimate of drug-likeness (QED) is 0.710.